The molecule has 4 nitrogen and oxygen atoms in total. The Bertz CT molecular complexity index is 418. The second kappa shape index (κ2) is 3.02. The van der Waals surface area contributed by atoms with E-state index in [1.807, 2.05) is 0 Å². The number of aromatic nitrogens is 1. The van der Waals surface area contributed by atoms with E-state index in [1.165, 1.54) is 17.5 Å². The number of rotatable bonds is 2. The minimum Gasteiger partial charge on any atom is -0.477 e. The Hall–Kier alpha value is -1.62. The SMILES string of the molecule is O=C(O)c1ccc(-c2ccno2)s1. The minimum atomic E-state index is -0.921. The lowest BCUT2D eigenvalue weighted by atomic mass is 10.3. The van der Waals surface area contributed by atoms with Gasteiger partial charge in [0.05, 0.1) is 11.1 Å². The zero-order valence-corrected chi connectivity index (χ0v) is 7.25. The first-order chi connectivity index (χ1) is 6.27. The summed E-state index contributed by atoms with van der Waals surface area (Å²) in [5, 5.41) is 12.2. The van der Waals surface area contributed by atoms with Crippen LogP contribution in [0.3, 0.4) is 0 Å². The number of hydrogen-bond acceptors (Lipinski definition) is 4. The van der Waals surface area contributed by atoms with Gasteiger partial charge in [-0.2, -0.15) is 0 Å². The summed E-state index contributed by atoms with van der Waals surface area (Å²) in [7, 11) is 0. The van der Waals surface area contributed by atoms with Crippen molar-refractivity contribution in [3.8, 4) is 10.6 Å². The van der Waals surface area contributed by atoms with Crippen molar-refractivity contribution in [3.63, 3.8) is 0 Å². The Labute approximate surface area is 77.4 Å². The van der Waals surface area contributed by atoms with Gasteiger partial charge in [0.1, 0.15) is 4.88 Å². The van der Waals surface area contributed by atoms with E-state index < -0.39 is 5.97 Å². The quantitative estimate of drug-likeness (QED) is 0.797. The zero-order valence-electron chi connectivity index (χ0n) is 6.43. The van der Waals surface area contributed by atoms with Crippen molar-refractivity contribution in [2.45, 2.75) is 0 Å². The number of aromatic carboxylic acids is 1. The standard InChI is InChI=1S/C8H5NO3S/c10-8(11)7-2-1-6(13-7)5-3-4-9-12-5/h1-4H,(H,10,11). The second-order valence-corrected chi connectivity index (χ2v) is 3.43. The molecule has 0 spiro atoms. The number of carboxylic acid groups (broad SMARTS) is 1. The first-order valence-corrected chi connectivity index (χ1v) is 4.33. The van der Waals surface area contributed by atoms with Crippen LogP contribution in [0.15, 0.2) is 28.9 Å². The maximum absolute atomic E-state index is 10.5. The molecule has 2 aromatic heterocycles. The Kier molecular flexibility index (Phi) is 1.86. The van der Waals surface area contributed by atoms with Crippen LogP contribution in [0.5, 0.6) is 0 Å². The molecule has 0 aromatic carbocycles. The van der Waals surface area contributed by atoms with Gasteiger partial charge < -0.3 is 9.63 Å². The summed E-state index contributed by atoms with van der Waals surface area (Å²) in [6, 6.07) is 4.94. The summed E-state index contributed by atoms with van der Waals surface area (Å²) in [6.45, 7) is 0. The normalized spacial score (nSPS) is 10.2. The Morgan fingerprint density at radius 2 is 2.31 bits per heavy atom. The topological polar surface area (TPSA) is 63.3 Å². The second-order valence-electron chi connectivity index (χ2n) is 2.35. The van der Waals surface area contributed by atoms with Gasteiger partial charge in [0.15, 0.2) is 5.76 Å². The highest BCUT2D eigenvalue weighted by molar-refractivity contribution is 7.17. The van der Waals surface area contributed by atoms with Crippen molar-refractivity contribution >= 4 is 17.3 Å². The van der Waals surface area contributed by atoms with Crippen LogP contribution in [0.4, 0.5) is 0 Å². The largest absolute Gasteiger partial charge is 0.477 e. The van der Waals surface area contributed by atoms with Crippen LogP contribution in [-0.4, -0.2) is 16.2 Å². The molecule has 2 heterocycles. The monoisotopic (exact) mass is 195 g/mol. The number of nitrogens with zero attached hydrogens (tertiary/aromatic N) is 1. The molecule has 0 saturated heterocycles. The van der Waals surface area contributed by atoms with Gasteiger partial charge in [-0.05, 0) is 12.1 Å². The molecule has 0 aliphatic carbocycles. The fourth-order valence-electron chi connectivity index (χ4n) is 0.928. The first-order valence-electron chi connectivity index (χ1n) is 3.51. The van der Waals surface area contributed by atoms with E-state index in [-0.39, 0.29) is 0 Å². The van der Waals surface area contributed by atoms with Crippen molar-refractivity contribution in [1.29, 1.82) is 0 Å². The van der Waals surface area contributed by atoms with Gasteiger partial charge in [0.2, 0.25) is 0 Å². The van der Waals surface area contributed by atoms with Gasteiger partial charge in [-0.15, -0.1) is 11.3 Å². The molecule has 2 rings (SSSR count). The maximum Gasteiger partial charge on any atom is 0.345 e. The molecule has 0 unspecified atom stereocenters. The molecule has 2 aromatic rings. The van der Waals surface area contributed by atoms with E-state index in [0.717, 1.165) is 4.88 Å². The molecule has 1 N–H and O–H groups in total. The van der Waals surface area contributed by atoms with Crippen LogP contribution < -0.4 is 0 Å². The molecule has 5 heteroatoms. The first kappa shape index (κ1) is 8.00. The van der Waals surface area contributed by atoms with Crippen molar-refractivity contribution in [2.75, 3.05) is 0 Å². The number of hydrogen-bond donors (Lipinski definition) is 1. The fraction of sp³-hybridized carbons (Fsp3) is 0. The molecule has 13 heavy (non-hydrogen) atoms. The van der Waals surface area contributed by atoms with Gasteiger partial charge in [-0.1, -0.05) is 5.16 Å². The lowest BCUT2D eigenvalue weighted by molar-refractivity contribution is 0.0702. The van der Waals surface area contributed by atoms with Crippen molar-refractivity contribution in [3.05, 3.63) is 29.3 Å². The fourth-order valence-corrected chi connectivity index (χ4v) is 1.73. The number of thiophene rings is 1. The molecule has 0 aliphatic rings. The van der Waals surface area contributed by atoms with Crippen LogP contribution >= 0.6 is 11.3 Å². The minimum absolute atomic E-state index is 0.298. The van der Waals surface area contributed by atoms with Gasteiger partial charge in [0, 0.05) is 6.07 Å². The third-order valence-electron chi connectivity index (χ3n) is 1.50. The number of carboxylic acids is 1. The van der Waals surface area contributed by atoms with E-state index in [2.05, 4.69) is 5.16 Å². The van der Waals surface area contributed by atoms with Gasteiger partial charge in [0.25, 0.3) is 0 Å². The Balaban J connectivity index is 2.39. The van der Waals surface area contributed by atoms with Gasteiger partial charge in [-0.3, -0.25) is 0 Å². The van der Waals surface area contributed by atoms with Gasteiger partial charge >= 0.3 is 5.97 Å². The lowest BCUT2D eigenvalue weighted by Crippen LogP contribution is -1.89. The Morgan fingerprint density at radius 1 is 1.46 bits per heavy atom. The molecule has 0 aliphatic heterocycles. The average molecular weight is 195 g/mol. The molecule has 0 radical (unpaired) electrons. The molecular formula is C8H5NO3S. The van der Waals surface area contributed by atoms with Crippen LogP contribution in [0, 0.1) is 0 Å². The van der Waals surface area contributed by atoms with E-state index in [0.29, 0.717) is 10.6 Å². The van der Waals surface area contributed by atoms with E-state index in [9.17, 15) is 4.79 Å². The Morgan fingerprint density at radius 3 is 2.85 bits per heavy atom. The van der Waals surface area contributed by atoms with Crippen molar-refractivity contribution in [2.24, 2.45) is 0 Å². The molecule has 0 bridgehead atoms. The van der Waals surface area contributed by atoms with Crippen molar-refractivity contribution < 1.29 is 14.4 Å². The highest BCUT2D eigenvalue weighted by Crippen LogP contribution is 2.27. The van der Waals surface area contributed by atoms with Gasteiger partial charge in [-0.25, -0.2) is 4.79 Å². The van der Waals surface area contributed by atoms with E-state index in [1.54, 1.807) is 18.2 Å². The summed E-state index contributed by atoms with van der Waals surface area (Å²) in [5.41, 5.74) is 0. The van der Waals surface area contributed by atoms with Crippen LogP contribution in [0.2, 0.25) is 0 Å². The van der Waals surface area contributed by atoms with Crippen LogP contribution in [0.1, 0.15) is 9.67 Å². The summed E-state index contributed by atoms with van der Waals surface area (Å²) in [5.74, 6) is -0.326. The third-order valence-corrected chi connectivity index (χ3v) is 2.59. The smallest absolute Gasteiger partial charge is 0.345 e. The molecular weight excluding hydrogens is 190 g/mol. The highest BCUT2D eigenvalue weighted by Gasteiger charge is 2.09. The van der Waals surface area contributed by atoms with Crippen LogP contribution in [-0.2, 0) is 0 Å². The van der Waals surface area contributed by atoms with E-state index >= 15 is 0 Å². The summed E-state index contributed by atoms with van der Waals surface area (Å²) < 4.78 is 4.88. The summed E-state index contributed by atoms with van der Waals surface area (Å²) in [4.78, 5) is 11.6. The predicted octanol–water partition coefficient (Wildman–Crippen LogP) is 2.10. The molecule has 0 fully saturated rings. The average Bonchev–Trinajstić information content (AvgIpc) is 2.75. The summed E-state index contributed by atoms with van der Waals surface area (Å²) in [6.07, 6.45) is 1.52. The summed E-state index contributed by atoms with van der Waals surface area (Å²) >= 11 is 1.17. The zero-order chi connectivity index (χ0) is 9.26. The maximum atomic E-state index is 10.5. The molecule has 0 atom stereocenters. The molecule has 0 saturated carbocycles. The predicted molar refractivity (Wildman–Crippen MR) is 46.8 cm³/mol. The van der Waals surface area contributed by atoms with E-state index in [4.69, 9.17) is 9.63 Å². The molecule has 0 amide bonds. The number of carbonyl (C=O) groups is 1. The highest BCUT2D eigenvalue weighted by atomic mass is 32.1. The van der Waals surface area contributed by atoms with Crippen molar-refractivity contribution in [1.82, 2.24) is 5.16 Å². The van der Waals surface area contributed by atoms with Crippen LogP contribution in [0.25, 0.3) is 10.6 Å². The molecule has 66 valence electrons. The third kappa shape index (κ3) is 1.46. The lowest BCUT2D eigenvalue weighted by Gasteiger charge is -1.85.